The number of nitriles is 1. The number of para-hydroxylation sites is 1. The second-order valence-electron chi connectivity index (χ2n) is 4.99. The van der Waals surface area contributed by atoms with Crippen molar-refractivity contribution in [3.05, 3.63) is 57.9 Å². The van der Waals surface area contributed by atoms with Gasteiger partial charge in [0.15, 0.2) is 0 Å². The maximum Gasteiger partial charge on any atom is 0.266 e. The van der Waals surface area contributed by atoms with Crippen LogP contribution in [0.2, 0.25) is 5.02 Å². The van der Waals surface area contributed by atoms with Gasteiger partial charge in [0.2, 0.25) is 0 Å². The van der Waals surface area contributed by atoms with Crippen molar-refractivity contribution in [2.75, 3.05) is 5.32 Å². The normalized spacial score (nSPS) is 11.1. The fourth-order valence-corrected chi connectivity index (χ4v) is 2.27. The highest BCUT2D eigenvalue weighted by atomic mass is 35.5. The van der Waals surface area contributed by atoms with Gasteiger partial charge in [0.05, 0.1) is 10.7 Å². The molecule has 0 aliphatic rings. The molecule has 0 atom stereocenters. The third-order valence-corrected chi connectivity index (χ3v) is 3.93. The van der Waals surface area contributed by atoms with Gasteiger partial charge in [0.1, 0.15) is 11.6 Å². The second kappa shape index (κ2) is 6.50. The van der Waals surface area contributed by atoms with Gasteiger partial charge in [0, 0.05) is 18.4 Å². The number of carbonyl (C=O) groups is 1. The highest BCUT2D eigenvalue weighted by Gasteiger charge is 2.13. The second-order valence-corrected chi connectivity index (χ2v) is 5.40. The molecule has 0 bridgehead atoms. The van der Waals surface area contributed by atoms with Gasteiger partial charge in [-0.3, -0.25) is 4.79 Å². The molecule has 0 fully saturated rings. The lowest BCUT2D eigenvalue weighted by molar-refractivity contribution is -0.112. The molecule has 5 heteroatoms. The van der Waals surface area contributed by atoms with E-state index in [-0.39, 0.29) is 5.57 Å². The van der Waals surface area contributed by atoms with E-state index in [1.165, 1.54) is 0 Å². The van der Waals surface area contributed by atoms with Gasteiger partial charge in [-0.2, -0.15) is 5.26 Å². The van der Waals surface area contributed by atoms with Crippen LogP contribution in [0.3, 0.4) is 0 Å². The molecule has 0 aliphatic heterocycles. The minimum absolute atomic E-state index is 0.0358. The number of aryl methyl sites for hydroxylation is 1. The summed E-state index contributed by atoms with van der Waals surface area (Å²) in [6, 6.07) is 10.8. The van der Waals surface area contributed by atoms with Crippen molar-refractivity contribution in [1.29, 1.82) is 5.26 Å². The third-order valence-electron chi connectivity index (χ3n) is 3.60. The summed E-state index contributed by atoms with van der Waals surface area (Å²) in [6.45, 7) is 3.92. The maximum atomic E-state index is 12.2. The number of anilines is 1. The lowest BCUT2D eigenvalue weighted by atomic mass is 10.1. The molecule has 112 valence electrons. The number of hydrogen-bond donors (Lipinski definition) is 1. The minimum atomic E-state index is -0.475. The zero-order valence-electron chi connectivity index (χ0n) is 12.6. The van der Waals surface area contributed by atoms with Gasteiger partial charge < -0.3 is 9.88 Å². The Hall–Kier alpha value is -2.51. The summed E-state index contributed by atoms with van der Waals surface area (Å²) in [5.74, 6) is -0.475. The van der Waals surface area contributed by atoms with Crippen LogP contribution in [0.5, 0.6) is 0 Å². The van der Waals surface area contributed by atoms with Crippen LogP contribution in [0.15, 0.2) is 35.9 Å². The van der Waals surface area contributed by atoms with Crippen LogP contribution in [0, 0.1) is 25.2 Å². The molecule has 2 rings (SSSR count). The average Bonchev–Trinajstić information content (AvgIpc) is 2.74. The molecule has 2 aromatic rings. The lowest BCUT2D eigenvalue weighted by Crippen LogP contribution is -2.13. The minimum Gasteiger partial charge on any atom is -0.352 e. The number of rotatable bonds is 3. The largest absolute Gasteiger partial charge is 0.352 e. The monoisotopic (exact) mass is 313 g/mol. The Morgan fingerprint density at radius 3 is 2.59 bits per heavy atom. The molecule has 0 unspecified atom stereocenters. The molecular formula is C17H16ClN3O. The number of nitrogens with zero attached hydrogens (tertiary/aromatic N) is 2. The number of carbonyl (C=O) groups excluding carboxylic acids is 1. The fraction of sp³-hybridized carbons (Fsp3) is 0.176. The van der Waals surface area contributed by atoms with Crippen LogP contribution < -0.4 is 5.32 Å². The van der Waals surface area contributed by atoms with Crippen molar-refractivity contribution in [2.45, 2.75) is 13.8 Å². The molecule has 0 spiro atoms. The van der Waals surface area contributed by atoms with Crippen molar-refractivity contribution in [3.8, 4) is 6.07 Å². The molecule has 1 amide bonds. The molecule has 0 aliphatic carbocycles. The van der Waals surface area contributed by atoms with Crippen LogP contribution in [0.25, 0.3) is 6.08 Å². The highest BCUT2D eigenvalue weighted by Crippen LogP contribution is 2.22. The van der Waals surface area contributed by atoms with Crippen LogP contribution in [0.4, 0.5) is 5.69 Å². The Morgan fingerprint density at radius 1 is 1.36 bits per heavy atom. The van der Waals surface area contributed by atoms with E-state index >= 15 is 0 Å². The Morgan fingerprint density at radius 2 is 2.05 bits per heavy atom. The van der Waals surface area contributed by atoms with E-state index in [0.29, 0.717) is 10.7 Å². The number of halogens is 1. The Labute approximate surface area is 134 Å². The summed E-state index contributed by atoms with van der Waals surface area (Å²) in [5.41, 5.74) is 3.43. The number of nitrogens with one attached hydrogen (secondary N) is 1. The van der Waals surface area contributed by atoms with Crippen LogP contribution >= 0.6 is 11.6 Å². The van der Waals surface area contributed by atoms with E-state index in [1.807, 2.05) is 37.6 Å². The molecule has 1 N–H and O–H groups in total. The first-order chi connectivity index (χ1) is 10.4. The highest BCUT2D eigenvalue weighted by molar-refractivity contribution is 6.34. The van der Waals surface area contributed by atoms with Gasteiger partial charge in [-0.15, -0.1) is 0 Å². The predicted molar refractivity (Wildman–Crippen MR) is 88.6 cm³/mol. The Balaban J connectivity index is 2.30. The van der Waals surface area contributed by atoms with Crippen LogP contribution in [-0.4, -0.2) is 10.5 Å². The summed E-state index contributed by atoms with van der Waals surface area (Å²) in [4.78, 5) is 12.2. The molecule has 0 saturated heterocycles. The van der Waals surface area contributed by atoms with Crippen molar-refractivity contribution in [3.63, 3.8) is 0 Å². The van der Waals surface area contributed by atoms with E-state index in [4.69, 9.17) is 11.6 Å². The molecule has 1 heterocycles. The Bertz CT molecular complexity index is 797. The van der Waals surface area contributed by atoms with E-state index in [2.05, 4.69) is 5.32 Å². The molecule has 0 saturated carbocycles. The fourth-order valence-electron chi connectivity index (χ4n) is 2.09. The molecular weight excluding hydrogens is 298 g/mol. The molecule has 1 aromatic heterocycles. The van der Waals surface area contributed by atoms with Crippen molar-refractivity contribution in [2.24, 2.45) is 7.05 Å². The summed E-state index contributed by atoms with van der Waals surface area (Å²) in [7, 11) is 1.94. The van der Waals surface area contributed by atoms with Crippen molar-refractivity contribution < 1.29 is 4.79 Å². The summed E-state index contributed by atoms with van der Waals surface area (Å²) < 4.78 is 2.01. The smallest absolute Gasteiger partial charge is 0.266 e. The molecule has 1 aromatic carbocycles. The number of amides is 1. The molecule has 4 nitrogen and oxygen atoms in total. The molecule has 0 radical (unpaired) electrons. The number of benzene rings is 1. The topological polar surface area (TPSA) is 57.8 Å². The first-order valence-corrected chi connectivity index (χ1v) is 7.12. The van der Waals surface area contributed by atoms with Crippen molar-refractivity contribution in [1.82, 2.24) is 4.57 Å². The van der Waals surface area contributed by atoms with Crippen LogP contribution in [-0.2, 0) is 11.8 Å². The SMILES string of the molecule is Cc1cc(/C=C(/C#N)C(=O)Nc2ccccc2Cl)c(C)n1C. The van der Waals surface area contributed by atoms with Gasteiger partial charge in [0.25, 0.3) is 5.91 Å². The zero-order valence-corrected chi connectivity index (χ0v) is 13.4. The zero-order chi connectivity index (χ0) is 16.3. The van der Waals surface area contributed by atoms with Crippen molar-refractivity contribution >= 4 is 29.3 Å². The third kappa shape index (κ3) is 3.21. The summed E-state index contributed by atoms with van der Waals surface area (Å²) in [6.07, 6.45) is 1.59. The van der Waals surface area contributed by atoms with Crippen LogP contribution in [0.1, 0.15) is 17.0 Å². The van der Waals surface area contributed by atoms with Gasteiger partial charge in [-0.1, -0.05) is 23.7 Å². The summed E-state index contributed by atoms with van der Waals surface area (Å²) >= 11 is 6.01. The van der Waals surface area contributed by atoms with E-state index in [9.17, 15) is 10.1 Å². The lowest BCUT2D eigenvalue weighted by Gasteiger charge is -2.06. The predicted octanol–water partition coefficient (Wildman–Crippen LogP) is 3.84. The Kier molecular flexibility index (Phi) is 4.69. The summed E-state index contributed by atoms with van der Waals surface area (Å²) in [5, 5.41) is 12.3. The van der Waals surface area contributed by atoms with Gasteiger partial charge >= 0.3 is 0 Å². The van der Waals surface area contributed by atoms with Gasteiger partial charge in [-0.25, -0.2) is 0 Å². The number of hydrogen-bond acceptors (Lipinski definition) is 2. The average molecular weight is 314 g/mol. The first-order valence-electron chi connectivity index (χ1n) is 6.74. The number of aromatic nitrogens is 1. The quantitative estimate of drug-likeness (QED) is 0.691. The molecule has 22 heavy (non-hydrogen) atoms. The standard InChI is InChI=1S/C17H16ClN3O/c1-11-8-13(12(2)21(11)3)9-14(10-19)17(22)20-16-7-5-4-6-15(16)18/h4-9H,1-3H3,(H,20,22)/b14-9-. The van der Waals surface area contributed by atoms with Gasteiger partial charge in [-0.05, 0) is 43.7 Å². The van der Waals surface area contributed by atoms with E-state index in [0.717, 1.165) is 17.0 Å². The maximum absolute atomic E-state index is 12.2. The first kappa shape index (κ1) is 15.9. The van der Waals surface area contributed by atoms with E-state index < -0.39 is 5.91 Å². The van der Waals surface area contributed by atoms with E-state index in [1.54, 1.807) is 30.3 Å².